The van der Waals surface area contributed by atoms with Crippen LogP contribution in [0.4, 0.5) is 0 Å². The van der Waals surface area contributed by atoms with E-state index in [0.29, 0.717) is 0 Å². The number of carbonyl (C=O) groups excluding carboxylic acids is 1. The number of nitrogens with zero attached hydrogens (tertiary/aromatic N) is 1. The first-order chi connectivity index (χ1) is 7.17. The second-order valence-electron chi connectivity index (χ2n) is 3.70. The maximum atomic E-state index is 11.4. The molecule has 4 N–H and O–H groups in total. The second kappa shape index (κ2) is 8.64. The van der Waals surface area contributed by atoms with Crippen LogP contribution in [0.2, 0.25) is 0 Å². The van der Waals surface area contributed by atoms with E-state index >= 15 is 0 Å². The molecule has 1 unspecified atom stereocenters. The minimum Gasteiger partial charge on any atom is -0.396 e. The van der Waals surface area contributed by atoms with Gasteiger partial charge in [0.25, 0.3) is 5.91 Å². The highest BCUT2D eigenvalue weighted by Crippen LogP contribution is 2.04. The summed E-state index contributed by atoms with van der Waals surface area (Å²) in [6.45, 7) is 3.06. The van der Waals surface area contributed by atoms with Gasteiger partial charge in [-0.3, -0.25) is 15.1 Å². The molecule has 0 heterocycles. The van der Waals surface area contributed by atoms with Gasteiger partial charge in [-0.05, 0) is 39.3 Å². The van der Waals surface area contributed by atoms with E-state index in [-0.39, 0.29) is 18.6 Å². The Hall–Kier alpha value is -0.650. The predicted octanol–water partition coefficient (Wildman–Crippen LogP) is -0.151. The van der Waals surface area contributed by atoms with Crippen molar-refractivity contribution in [3.63, 3.8) is 0 Å². The van der Waals surface area contributed by atoms with Crippen LogP contribution in [0.25, 0.3) is 0 Å². The van der Waals surface area contributed by atoms with Crippen LogP contribution in [-0.2, 0) is 4.79 Å². The van der Waals surface area contributed by atoms with Crippen molar-refractivity contribution in [3.05, 3.63) is 0 Å². The molecule has 0 aromatic heterocycles. The summed E-state index contributed by atoms with van der Waals surface area (Å²) in [5.74, 6) is 4.97. The van der Waals surface area contributed by atoms with Gasteiger partial charge in [-0.1, -0.05) is 6.92 Å². The number of hydrazine groups is 1. The lowest BCUT2D eigenvalue weighted by Gasteiger charge is -2.25. The number of hydrogen-bond donors (Lipinski definition) is 3. The fraction of sp³-hybridized carbons (Fsp3) is 0.900. The van der Waals surface area contributed by atoms with Crippen molar-refractivity contribution in [1.82, 2.24) is 10.3 Å². The third-order valence-corrected chi connectivity index (χ3v) is 2.53. The summed E-state index contributed by atoms with van der Waals surface area (Å²) >= 11 is 0. The Morgan fingerprint density at radius 1 is 1.47 bits per heavy atom. The molecular weight excluding hydrogens is 194 g/mol. The molecule has 15 heavy (non-hydrogen) atoms. The van der Waals surface area contributed by atoms with E-state index in [9.17, 15) is 4.79 Å². The molecule has 90 valence electrons. The molecule has 0 aliphatic heterocycles. The Morgan fingerprint density at radius 2 is 2.13 bits per heavy atom. The van der Waals surface area contributed by atoms with Crippen molar-refractivity contribution < 1.29 is 9.90 Å². The van der Waals surface area contributed by atoms with E-state index in [1.807, 2.05) is 18.9 Å². The van der Waals surface area contributed by atoms with Gasteiger partial charge in [0, 0.05) is 6.61 Å². The van der Waals surface area contributed by atoms with Gasteiger partial charge in [0.05, 0.1) is 6.04 Å². The van der Waals surface area contributed by atoms with Crippen molar-refractivity contribution in [1.29, 1.82) is 0 Å². The third kappa shape index (κ3) is 5.71. The van der Waals surface area contributed by atoms with Crippen LogP contribution in [-0.4, -0.2) is 42.2 Å². The lowest BCUT2D eigenvalue weighted by atomic mass is 10.1. The van der Waals surface area contributed by atoms with Crippen molar-refractivity contribution in [2.45, 2.75) is 38.6 Å². The van der Waals surface area contributed by atoms with Gasteiger partial charge in [-0.25, -0.2) is 5.84 Å². The number of nitrogens with one attached hydrogen (secondary N) is 1. The largest absolute Gasteiger partial charge is 0.396 e. The Bertz CT molecular complexity index is 176. The lowest BCUT2D eigenvalue weighted by molar-refractivity contribution is -0.126. The highest BCUT2D eigenvalue weighted by atomic mass is 16.2. The van der Waals surface area contributed by atoms with E-state index in [1.165, 1.54) is 0 Å². The van der Waals surface area contributed by atoms with Crippen LogP contribution in [0.1, 0.15) is 32.6 Å². The number of aliphatic hydroxyl groups excluding tert-OH is 1. The van der Waals surface area contributed by atoms with Gasteiger partial charge in [-0.15, -0.1) is 0 Å². The van der Waals surface area contributed by atoms with Crippen LogP contribution in [0.3, 0.4) is 0 Å². The number of nitrogens with two attached hydrogens (primary N) is 1. The molecule has 5 heteroatoms. The van der Waals surface area contributed by atoms with Crippen LogP contribution in [0, 0.1) is 0 Å². The summed E-state index contributed by atoms with van der Waals surface area (Å²) in [6.07, 6.45) is 3.56. The minimum absolute atomic E-state index is 0.137. The molecule has 0 aromatic rings. The van der Waals surface area contributed by atoms with E-state index in [0.717, 1.165) is 32.2 Å². The number of hydrogen-bond acceptors (Lipinski definition) is 4. The molecule has 0 aliphatic carbocycles. The van der Waals surface area contributed by atoms with Crippen LogP contribution >= 0.6 is 0 Å². The zero-order valence-electron chi connectivity index (χ0n) is 9.70. The van der Waals surface area contributed by atoms with Crippen LogP contribution in [0.15, 0.2) is 0 Å². The van der Waals surface area contributed by atoms with Crippen molar-refractivity contribution >= 4 is 5.91 Å². The van der Waals surface area contributed by atoms with Gasteiger partial charge < -0.3 is 5.11 Å². The summed E-state index contributed by atoms with van der Waals surface area (Å²) in [6, 6.07) is -0.149. The second-order valence-corrected chi connectivity index (χ2v) is 3.70. The quantitative estimate of drug-likeness (QED) is 0.229. The van der Waals surface area contributed by atoms with Crippen molar-refractivity contribution in [3.8, 4) is 0 Å². The van der Waals surface area contributed by atoms with Crippen LogP contribution < -0.4 is 11.3 Å². The monoisotopic (exact) mass is 217 g/mol. The Morgan fingerprint density at radius 3 is 2.60 bits per heavy atom. The summed E-state index contributed by atoms with van der Waals surface area (Å²) < 4.78 is 0. The van der Waals surface area contributed by atoms with E-state index in [2.05, 4.69) is 5.43 Å². The molecule has 0 rings (SSSR count). The highest BCUT2D eigenvalue weighted by molar-refractivity contribution is 5.80. The van der Waals surface area contributed by atoms with Crippen molar-refractivity contribution in [2.24, 2.45) is 5.84 Å². The summed E-state index contributed by atoms with van der Waals surface area (Å²) in [4.78, 5) is 13.4. The molecule has 0 bridgehead atoms. The molecule has 0 saturated carbocycles. The zero-order valence-corrected chi connectivity index (χ0v) is 9.70. The lowest BCUT2D eigenvalue weighted by Crippen LogP contribution is -2.47. The number of amides is 1. The molecule has 0 fully saturated rings. The number of likely N-dealkylation sites (N-methyl/N-ethyl adjacent to an activating group) is 1. The molecule has 0 radical (unpaired) electrons. The molecule has 0 aliphatic rings. The van der Waals surface area contributed by atoms with Gasteiger partial charge in [0.1, 0.15) is 0 Å². The van der Waals surface area contributed by atoms with Gasteiger partial charge in [0.2, 0.25) is 0 Å². The number of aliphatic hydroxyl groups is 1. The topological polar surface area (TPSA) is 78.6 Å². The van der Waals surface area contributed by atoms with Gasteiger partial charge in [0.15, 0.2) is 0 Å². The Balaban J connectivity index is 3.83. The maximum absolute atomic E-state index is 11.4. The molecule has 0 saturated heterocycles. The zero-order chi connectivity index (χ0) is 11.7. The molecule has 1 amide bonds. The van der Waals surface area contributed by atoms with Crippen molar-refractivity contribution in [2.75, 3.05) is 20.2 Å². The summed E-state index contributed by atoms with van der Waals surface area (Å²) in [7, 11) is 1.92. The minimum atomic E-state index is -0.149. The Labute approximate surface area is 91.6 Å². The molecule has 0 aromatic carbocycles. The third-order valence-electron chi connectivity index (χ3n) is 2.53. The first-order valence-corrected chi connectivity index (χ1v) is 5.48. The van der Waals surface area contributed by atoms with Gasteiger partial charge >= 0.3 is 0 Å². The van der Waals surface area contributed by atoms with E-state index < -0.39 is 0 Å². The number of carbonyl (C=O) groups is 1. The summed E-state index contributed by atoms with van der Waals surface area (Å²) in [5, 5.41) is 8.62. The highest BCUT2D eigenvalue weighted by Gasteiger charge is 2.19. The standard InChI is InChI=1S/C10H23N3O2/c1-3-9(10(15)12-11)13(2)7-5-4-6-8-14/h9,14H,3-8,11H2,1-2H3,(H,12,15). The average Bonchev–Trinajstić information content (AvgIpc) is 2.25. The maximum Gasteiger partial charge on any atom is 0.251 e. The SMILES string of the molecule is CCC(C(=O)NN)N(C)CCCCCO. The fourth-order valence-electron chi connectivity index (χ4n) is 1.60. The van der Waals surface area contributed by atoms with Crippen LogP contribution in [0.5, 0.6) is 0 Å². The summed E-state index contributed by atoms with van der Waals surface area (Å²) in [5.41, 5.74) is 2.18. The molecule has 5 nitrogen and oxygen atoms in total. The molecular formula is C10H23N3O2. The number of rotatable bonds is 8. The average molecular weight is 217 g/mol. The molecule has 1 atom stereocenters. The molecule has 0 spiro atoms. The smallest absolute Gasteiger partial charge is 0.251 e. The van der Waals surface area contributed by atoms with E-state index in [4.69, 9.17) is 10.9 Å². The fourth-order valence-corrected chi connectivity index (χ4v) is 1.60. The first kappa shape index (κ1) is 14.3. The first-order valence-electron chi connectivity index (χ1n) is 5.48. The number of unbranched alkanes of at least 4 members (excludes halogenated alkanes) is 2. The van der Waals surface area contributed by atoms with Gasteiger partial charge in [-0.2, -0.15) is 0 Å². The Kier molecular flexibility index (Phi) is 8.27. The predicted molar refractivity (Wildman–Crippen MR) is 60.0 cm³/mol. The normalized spacial score (nSPS) is 12.9. The van der Waals surface area contributed by atoms with E-state index in [1.54, 1.807) is 0 Å².